The molecule has 1 aromatic heterocycles. The topological polar surface area (TPSA) is 61.4 Å². The Kier molecular flexibility index (Phi) is 5.33. The molecular weight excluding hydrogens is 376 g/mol. The Hall–Kier alpha value is -3.55. The van der Waals surface area contributed by atoms with Crippen LogP contribution < -0.4 is 15.1 Å². The summed E-state index contributed by atoms with van der Waals surface area (Å²) in [7, 11) is 0. The molecule has 0 unspecified atom stereocenters. The number of benzene rings is 2. The maximum Gasteiger partial charge on any atom is 0.275 e. The van der Waals surface area contributed by atoms with Crippen molar-refractivity contribution in [3.63, 3.8) is 0 Å². The van der Waals surface area contributed by atoms with Crippen molar-refractivity contribution in [3.05, 3.63) is 78.3 Å². The lowest BCUT2D eigenvalue weighted by atomic mass is 10.2. The predicted molar refractivity (Wildman–Crippen MR) is 107 cm³/mol. The summed E-state index contributed by atoms with van der Waals surface area (Å²) in [6.45, 7) is 2.99. The van der Waals surface area contributed by atoms with Crippen LogP contribution >= 0.6 is 0 Å². The number of nitrogens with zero attached hydrogens (tertiary/aromatic N) is 4. The lowest BCUT2D eigenvalue weighted by Crippen LogP contribution is -2.46. The zero-order valence-corrected chi connectivity index (χ0v) is 15.6. The van der Waals surface area contributed by atoms with Gasteiger partial charge in [-0.05, 0) is 36.4 Å². The normalized spacial score (nSPS) is 14.0. The Morgan fingerprint density at radius 2 is 1.55 bits per heavy atom. The quantitative estimate of drug-likeness (QED) is 0.734. The van der Waals surface area contributed by atoms with Crippen molar-refractivity contribution >= 4 is 23.1 Å². The highest BCUT2D eigenvalue weighted by Gasteiger charge is 2.19. The van der Waals surface area contributed by atoms with E-state index in [-0.39, 0.29) is 17.2 Å². The summed E-state index contributed by atoms with van der Waals surface area (Å²) < 4.78 is 26.7. The zero-order valence-electron chi connectivity index (χ0n) is 15.6. The van der Waals surface area contributed by atoms with E-state index in [1.807, 2.05) is 0 Å². The lowest BCUT2D eigenvalue weighted by molar-refractivity contribution is 0.102. The maximum atomic E-state index is 13.7. The van der Waals surface area contributed by atoms with E-state index < -0.39 is 11.7 Å². The summed E-state index contributed by atoms with van der Waals surface area (Å²) in [6, 6.07) is 12.4. The van der Waals surface area contributed by atoms with Crippen LogP contribution in [-0.2, 0) is 0 Å². The average Bonchev–Trinajstić information content (AvgIpc) is 2.76. The second-order valence-electron chi connectivity index (χ2n) is 6.64. The smallest absolute Gasteiger partial charge is 0.275 e. The Balaban J connectivity index is 1.36. The van der Waals surface area contributed by atoms with Crippen molar-refractivity contribution in [2.24, 2.45) is 0 Å². The molecule has 1 amide bonds. The van der Waals surface area contributed by atoms with Crippen molar-refractivity contribution in [3.8, 4) is 0 Å². The highest BCUT2D eigenvalue weighted by Crippen LogP contribution is 2.19. The van der Waals surface area contributed by atoms with E-state index in [2.05, 4.69) is 25.1 Å². The molecule has 1 saturated heterocycles. The molecule has 1 fully saturated rings. The number of para-hydroxylation sites is 1. The van der Waals surface area contributed by atoms with Crippen LogP contribution in [0.5, 0.6) is 0 Å². The first kappa shape index (κ1) is 18.8. The fourth-order valence-corrected chi connectivity index (χ4v) is 3.20. The second kappa shape index (κ2) is 8.22. The molecule has 29 heavy (non-hydrogen) atoms. The molecule has 0 spiro atoms. The number of piperazine rings is 1. The lowest BCUT2D eigenvalue weighted by Gasteiger charge is -2.36. The molecule has 6 nitrogen and oxygen atoms in total. The number of hydrogen-bond donors (Lipinski definition) is 1. The van der Waals surface area contributed by atoms with Gasteiger partial charge in [-0.1, -0.05) is 12.1 Å². The number of halogens is 2. The van der Waals surface area contributed by atoms with Crippen LogP contribution in [-0.4, -0.2) is 42.1 Å². The number of anilines is 3. The molecule has 1 aliphatic rings. The third-order valence-corrected chi connectivity index (χ3v) is 4.79. The van der Waals surface area contributed by atoms with E-state index in [0.717, 1.165) is 31.9 Å². The van der Waals surface area contributed by atoms with Gasteiger partial charge in [0.15, 0.2) is 0 Å². The highest BCUT2D eigenvalue weighted by molar-refractivity contribution is 6.02. The summed E-state index contributed by atoms with van der Waals surface area (Å²) in [4.78, 5) is 25.0. The van der Waals surface area contributed by atoms with Crippen LogP contribution in [0.3, 0.4) is 0 Å². The highest BCUT2D eigenvalue weighted by atomic mass is 19.1. The second-order valence-corrected chi connectivity index (χ2v) is 6.64. The number of hydrogen-bond acceptors (Lipinski definition) is 5. The largest absolute Gasteiger partial charge is 0.368 e. The van der Waals surface area contributed by atoms with Crippen molar-refractivity contribution in [2.45, 2.75) is 0 Å². The van der Waals surface area contributed by atoms with Gasteiger partial charge in [0.1, 0.15) is 23.1 Å². The minimum absolute atomic E-state index is 0.0975. The molecule has 4 rings (SSSR count). The molecular formula is C21H19F2N5O. The van der Waals surface area contributed by atoms with Gasteiger partial charge in [0.05, 0.1) is 18.1 Å². The van der Waals surface area contributed by atoms with Gasteiger partial charge in [0, 0.05) is 31.9 Å². The molecule has 0 bridgehead atoms. The van der Waals surface area contributed by atoms with Crippen molar-refractivity contribution < 1.29 is 13.6 Å². The van der Waals surface area contributed by atoms with E-state index in [4.69, 9.17) is 0 Å². The van der Waals surface area contributed by atoms with E-state index in [0.29, 0.717) is 5.82 Å². The number of rotatable bonds is 4. The van der Waals surface area contributed by atoms with Crippen LogP contribution in [0.4, 0.5) is 26.0 Å². The Morgan fingerprint density at radius 1 is 0.862 bits per heavy atom. The first-order valence-electron chi connectivity index (χ1n) is 9.23. The van der Waals surface area contributed by atoms with E-state index in [1.54, 1.807) is 30.5 Å². The number of nitrogens with one attached hydrogen (secondary N) is 1. The third kappa shape index (κ3) is 4.31. The molecule has 0 atom stereocenters. The maximum absolute atomic E-state index is 13.7. The van der Waals surface area contributed by atoms with Crippen LogP contribution in [0.15, 0.2) is 60.9 Å². The molecule has 8 heteroatoms. The van der Waals surface area contributed by atoms with Crippen LogP contribution in [0.2, 0.25) is 0 Å². The van der Waals surface area contributed by atoms with Crippen LogP contribution in [0.25, 0.3) is 0 Å². The molecule has 3 aromatic rings. The molecule has 2 aromatic carbocycles. The Labute approximate surface area is 166 Å². The van der Waals surface area contributed by atoms with E-state index >= 15 is 0 Å². The van der Waals surface area contributed by atoms with Gasteiger partial charge >= 0.3 is 0 Å². The fraction of sp³-hybridized carbons (Fsp3) is 0.190. The van der Waals surface area contributed by atoms with Gasteiger partial charge in [-0.25, -0.2) is 18.7 Å². The number of carbonyl (C=O) groups is 1. The minimum atomic E-state index is -0.518. The van der Waals surface area contributed by atoms with Gasteiger partial charge in [0.2, 0.25) is 0 Å². The predicted octanol–water partition coefficient (Wildman–Crippen LogP) is 3.33. The molecule has 2 heterocycles. The fourth-order valence-electron chi connectivity index (χ4n) is 3.20. The SMILES string of the molecule is O=C(Nc1ccccc1F)c1cnc(N2CCN(c3ccc(F)cc3)CC2)cn1. The van der Waals surface area contributed by atoms with Gasteiger partial charge in [-0.15, -0.1) is 0 Å². The number of aromatic nitrogens is 2. The Morgan fingerprint density at radius 3 is 2.21 bits per heavy atom. The van der Waals surface area contributed by atoms with E-state index in [9.17, 15) is 13.6 Å². The van der Waals surface area contributed by atoms with Gasteiger partial charge in [0.25, 0.3) is 5.91 Å². The van der Waals surface area contributed by atoms with Crippen LogP contribution in [0.1, 0.15) is 10.5 Å². The summed E-state index contributed by atoms with van der Waals surface area (Å²) in [5, 5.41) is 2.49. The average molecular weight is 395 g/mol. The number of amides is 1. The minimum Gasteiger partial charge on any atom is -0.368 e. The molecule has 1 aliphatic heterocycles. The van der Waals surface area contributed by atoms with Gasteiger partial charge in [-0.2, -0.15) is 0 Å². The summed E-state index contributed by atoms with van der Waals surface area (Å²) in [6.07, 6.45) is 2.93. The van der Waals surface area contributed by atoms with Crippen LogP contribution in [0, 0.1) is 11.6 Å². The van der Waals surface area contributed by atoms with Crippen molar-refractivity contribution in [1.29, 1.82) is 0 Å². The summed E-state index contributed by atoms with van der Waals surface area (Å²) >= 11 is 0. The standard InChI is InChI=1S/C21H19F2N5O/c22-15-5-7-16(8-6-15)27-9-11-28(12-10-27)20-14-24-19(13-25-20)21(29)26-18-4-2-1-3-17(18)23/h1-8,13-14H,9-12H2,(H,26,29). The van der Waals surface area contributed by atoms with E-state index in [1.165, 1.54) is 30.5 Å². The molecule has 1 N–H and O–H groups in total. The summed E-state index contributed by atoms with van der Waals surface area (Å²) in [5.41, 5.74) is 1.19. The van der Waals surface area contributed by atoms with Crippen molar-refractivity contribution in [2.75, 3.05) is 41.3 Å². The molecule has 0 aliphatic carbocycles. The van der Waals surface area contributed by atoms with Gasteiger partial charge < -0.3 is 15.1 Å². The zero-order chi connectivity index (χ0) is 20.2. The van der Waals surface area contributed by atoms with Gasteiger partial charge in [-0.3, -0.25) is 4.79 Å². The molecule has 0 radical (unpaired) electrons. The monoisotopic (exact) mass is 395 g/mol. The first-order valence-corrected chi connectivity index (χ1v) is 9.23. The third-order valence-electron chi connectivity index (χ3n) is 4.79. The van der Waals surface area contributed by atoms with Crippen molar-refractivity contribution in [1.82, 2.24) is 9.97 Å². The molecule has 0 saturated carbocycles. The molecule has 148 valence electrons. The Bertz CT molecular complexity index is 987. The number of carbonyl (C=O) groups excluding carboxylic acids is 1. The summed E-state index contributed by atoms with van der Waals surface area (Å²) in [5.74, 6) is -0.604. The first-order chi connectivity index (χ1) is 14.1.